The fourth-order valence-electron chi connectivity index (χ4n) is 23.4. The predicted molar refractivity (Wildman–Crippen MR) is 586 cm³/mol. The maximum absolute atomic E-state index is 2.52. The lowest BCUT2D eigenvalue weighted by molar-refractivity contribution is 0.865. The van der Waals surface area contributed by atoms with Gasteiger partial charge in [-0.05, 0) is 299 Å². The Kier molecular flexibility index (Phi) is 18.2. The molecule has 4 heteroatoms. The molecule has 1 aliphatic carbocycles. The van der Waals surface area contributed by atoms with Gasteiger partial charge in [-0.25, -0.2) is 0 Å². The topological polar surface area (TPSA) is 19.7 Å². The monoisotopic (exact) mass is 1750 g/mol. The Balaban J connectivity index is 0.527. The van der Waals surface area contributed by atoms with Gasteiger partial charge >= 0.3 is 0 Å². The molecule has 0 amide bonds. The van der Waals surface area contributed by atoms with Crippen molar-refractivity contribution in [1.82, 2.24) is 18.3 Å². The third kappa shape index (κ3) is 12.7. The van der Waals surface area contributed by atoms with Crippen molar-refractivity contribution in [2.75, 3.05) is 0 Å². The summed E-state index contributed by atoms with van der Waals surface area (Å²) in [6, 6.07) is 181. The van der Waals surface area contributed by atoms with Crippen molar-refractivity contribution in [3.63, 3.8) is 0 Å². The van der Waals surface area contributed by atoms with Gasteiger partial charge in [0.15, 0.2) is 0 Å². The number of hydrogen-bond acceptors (Lipinski definition) is 0. The van der Waals surface area contributed by atoms with Crippen LogP contribution < -0.4 is 0 Å². The van der Waals surface area contributed by atoms with Crippen LogP contribution in [0.3, 0.4) is 0 Å². The highest BCUT2D eigenvalue weighted by atomic mass is 15.0. The average molecular weight is 1750 g/mol. The molecule has 1 unspecified atom stereocenters. The number of fused-ring (bicyclic) bond motifs is 17. The summed E-state index contributed by atoms with van der Waals surface area (Å²) in [4.78, 5) is 0. The van der Waals surface area contributed by atoms with Gasteiger partial charge in [-0.15, -0.1) is 0 Å². The van der Waals surface area contributed by atoms with Gasteiger partial charge in [0.25, 0.3) is 0 Å². The molecule has 0 saturated carbocycles. The Bertz CT molecular complexity index is 9650. The van der Waals surface area contributed by atoms with Crippen LogP contribution in [0, 0.1) is 0 Å². The Hall–Kier alpha value is -18.0. The number of aromatic nitrogens is 4. The Morgan fingerprint density at radius 3 is 0.899 bits per heavy atom. The first-order valence-electron chi connectivity index (χ1n) is 48.0. The first-order valence-corrected chi connectivity index (χ1v) is 48.0. The van der Waals surface area contributed by atoms with Crippen LogP contribution in [0.1, 0.15) is 17.9 Å². The fraction of sp³-hybridized carbons (Fsp3) is 0.0149. The van der Waals surface area contributed by atoms with Crippen LogP contribution in [0.25, 0.3) is 264 Å². The lowest BCUT2D eigenvalue weighted by Crippen LogP contribution is -2.05. The van der Waals surface area contributed by atoms with E-state index in [1.807, 2.05) is 0 Å². The van der Waals surface area contributed by atoms with E-state index in [4.69, 9.17) is 0 Å². The van der Waals surface area contributed by atoms with E-state index < -0.39 is 0 Å². The minimum atomic E-state index is 0.166. The molecule has 0 saturated heterocycles. The lowest BCUT2D eigenvalue weighted by Gasteiger charge is -2.24. The second-order valence-corrected chi connectivity index (χ2v) is 37.2. The van der Waals surface area contributed by atoms with Crippen molar-refractivity contribution >= 4 is 147 Å². The molecule has 0 bridgehead atoms. The lowest BCUT2D eigenvalue weighted by atomic mass is 9.81. The highest BCUT2D eigenvalue weighted by Crippen LogP contribution is 2.51. The van der Waals surface area contributed by atoms with Gasteiger partial charge in [-0.1, -0.05) is 370 Å². The van der Waals surface area contributed by atoms with Crippen LogP contribution in [0.15, 0.2) is 504 Å². The number of para-hydroxylation sites is 3. The minimum Gasteiger partial charge on any atom is -0.310 e. The van der Waals surface area contributed by atoms with Crippen molar-refractivity contribution in [3.05, 3.63) is 509 Å². The van der Waals surface area contributed by atoms with Gasteiger partial charge in [0.2, 0.25) is 0 Å². The summed E-state index contributed by atoms with van der Waals surface area (Å²) >= 11 is 0. The second-order valence-electron chi connectivity index (χ2n) is 37.2. The van der Waals surface area contributed by atoms with Crippen LogP contribution in [0.4, 0.5) is 0 Å². The number of rotatable bonds is 14. The minimum absolute atomic E-state index is 0.166. The van der Waals surface area contributed by atoms with E-state index in [0.29, 0.717) is 0 Å². The smallest absolute Gasteiger partial charge is 0.0541 e. The van der Waals surface area contributed by atoms with Crippen molar-refractivity contribution in [3.8, 4) is 117 Å². The van der Waals surface area contributed by atoms with E-state index in [9.17, 15) is 0 Å². The molecule has 27 aromatic rings. The molecule has 1 aliphatic rings. The molecule has 4 nitrogen and oxygen atoms in total. The Labute approximate surface area is 798 Å². The molecule has 4 heterocycles. The highest BCUT2D eigenvalue weighted by Gasteiger charge is 2.27. The SMILES string of the molecule is C1=CC(c2c3ccccc3c(-c3ccccc3)c3ccccc23)CC=C1n1c2ccc(-c3ccc4c(-c5cccc(-n6c7ccccc7c7cc(-c8ccc9c(c8)c8cc(-c%10ccc(-c%11ccccc%11)cc%10)ccc8n9-c8ccc(-c9c%10ccccc%10c(-c%10ccccc%10)c%10ccccc9%10)cc8)ccc76)c5)cccc4c3)cc2c2cc(-c3ccc4c(c3)c3ccccc3n4-c3ccccc3)ccc21. The molecule has 0 fully saturated rings. The van der Waals surface area contributed by atoms with Crippen LogP contribution in [0.5, 0.6) is 0 Å². The van der Waals surface area contributed by atoms with Crippen LogP contribution in [-0.2, 0) is 0 Å². The third-order valence-electron chi connectivity index (χ3n) is 29.7. The average Bonchev–Trinajstić information content (AvgIpc) is 0.971. The van der Waals surface area contributed by atoms with Gasteiger partial charge in [0.05, 0.1) is 44.1 Å². The number of benzene rings is 23. The van der Waals surface area contributed by atoms with Gasteiger partial charge in [-0.3, -0.25) is 0 Å². The molecular formula is C134H86N4. The number of hydrogen-bond donors (Lipinski definition) is 0. The van der Waals surface area contributed by atoms with Gasteiger partial charge in [-0.2, -0.15) is 0 Å². The highest BCUT2D eigenvalue weighted by molar-refractivity contribution is 6.23. The van der Waals surface area contributed by atoms with Gasteiger partial charge in [0.1, 0.15) is 0 Å². The van der Waals surface area contributed by atoms with Gasteiger partial charge in [0, 0.05) is 71.8 Å². The molecule has 0 radical (unpaired) electrons. The van der Waals surface area contributed by atoms with Gasteiger partial charge < -0.3 is 18.3 Å². The van der Waals surface area contributed by atoms with Crippen LogP contribution >= 0.6 is 0 Å². The standard InChI is InChI=1S/C134H86N4/c1-5-27-85(28-6-1)86-51-53-87(54-52-86)93-60-71-127-119(79-93)121-83-97(64-75-129(121)136(127)102-66-55-90(56-67-102)133-113-44-17-13-40-109(113)131(88-29-7-2-8-30-88)110-41-14-18-45-114(110)133)96-63-73-126-118(81-96)108-39-22-24-50-124(108)138(126)104-37-25-33-100(78-104)105-48-26-34-99-77-92(59-70-106(99)105)94-61-74-128-120(82-94)122-84-98(95-62-72-125-117(80-95)107-38-21-23-49-123(107)135(125)101-35-11-4-12-36-101)65-76-130(122)137(128)103-68-57-91(58-69-103)134-115-46-19-15-42-111(115)132(89-31-9-3-10-32-89)112-43-16-20-47-116(112)134/h1-57,59-84,91H,58H2. The molecule has 0 spiro atoms. The number of nitrogens with zero attached hydrogens (tertiary/aromatic N) is 4. The molecule has 23 aromatic carbocycles. The zero-order valence-electron chi connectivity index (χ0n) is 75.5. The second kappa shape index (κ2) is 31.9. The van der Waals surface area contributed by atoms with E-state index in [1.165, 1.54) is 214 Å². The summed E-state index contributed by atoms with van der Waals surface area (Å²) in [6.07, 6.45) is 8.22. The summed E-state index contributed by atoms with van der Waals surface area (Å²) < 4.78 is 9.86. The van der Waals surface area contributed by atoms with Crippen molar-refractivity contribution in [2.45, 2.75) is 12.3 Å². The summed E-state index contributed by atoms with van der Waals surface area (Å²) in [6.45, 7) is 0. The Morgan fingerprint density at radius 1 is 0.167 bits per heavy atom. The Morgan fingerprint density at radius 2 is 0.457 bits per heavy atom. The van der Waals surface area contributed by atoms with Crippen LogP contribution in [-0.4, -0.2) is 18.3 Å². The van der Waals surface area contributed by atoms with E-state index in [-0.39, 0.29) is 5.92 Å². The molecule has 138 heavy (non-hydrogen) atoms. The number of allylic oxidation sites excluding steroid dienone is 4. The molecule has 0 N–H and O–H groups in total. The molecule has 642 valence electrons. The zero-order valence-corrected chi connectivity index (χ0v) is 75.5. The summed E-state index contributed by atoms with van der Waals surface area (Å²) in [5.41, 5.74) is 36.9. The first-order chi connectivity index (χ1) is 68.4. The zero-order chi connectivity index (χ0) is 90.6. The van der Waals surface area contributed by atoms with Crippen molar-refractivity contribution in [1.29, 1.82) is 0 Å². The predicted octanol–water partition coefficient (Wildman–Crippen LogP) is 36.4. The maximum Gasteiger partial charge on any atom is 0.0541 e. The van der Waals surface area contributed by atoms with E-state index in [2.05, 4.69) is 522 Å². The molecule has 4 aromatic heterocycles. The quantitative estimate of drug-likeness (QED) is 0.0967. The molecule has 1 atom stereocenters. The first kappa shape index (κ1) is 78.7. The molecule has 0 aliphatic heterocycles. The fourth-order valence-corrected chi connectivity index (χ4v) is 23.4. The molecule has 28 rings (SSSR count). The summed E-state index contributed by atoms with van der Waals surface area (Å²) in [5.74, 6) is 0.166. The summed E-state index contributed by atoms with van der Waals surface area (Å²) in [7, 11) is 0. The largest absolute Gasteiger partial charge is 0.310 e. The van der Waals surface area contributed by atoms with E-state index >= 15 is 0 Å². The van der Waals surface area contributed by atoms with Crippen molar-refractivity contribution < 1.29 is 0 Å². The third-order valence-corrected chi connectivity index (χ3v) is 29.7. The maximum atomic E-state index is 2.52. The normalized spacial score (nSPS) is 13.0. The summed E-state index contributed by atoms with van der Waals surface area (Å²) in [5, 5.41) is 22.3. The van der Waals surface area contributed by atoms with E-state index in [0.717, 1.165) is 62.2 Å². The van der Waals surface area contributed by atoms with Crippen LogP contribution in [0.2, 0.25) is 0 Å². The van der Waals surface area contributed by atoms with E-state index in [1.54, 1.807) is 0 Å². The molecular weight excluding hydrogens is 1670 g/mol. The van der Waals surface area contributed by atoms with Crippen molar-refractivity contribution in [2.24, 2.45) is 0 Å².